The van der Waals surface area contributed by atoms with Crippen molar-refractivity contribution in [2.45, 2.75) is 0 Å². The summed E-state index contributed by atoms with van der Waals surface area (Å²) in [6, 6.07) is 8.44. The van der Waals surface area contributed by atoms with Crippen LogP contribution in [0.3, 0.4) is 0 Å². The summed E-state index contributed by atoms with van der Waals surface area (Å²) < 4.78 is 5.11. The molecule has 2 aromatic rings. The smallest absolute Gasteiger partial charge is 0.124 e. The Balaban J connectivity index is 0.000000845. The second-order valence-electron chi connectivity index (χ2n) is 2.36. The summed E-state index contributed by atoms with van der Waals surface area (Å²) >= 11 is 0. The molecule has 0 atom stereocenters. The van der Waals surface area contributed by atoms with Crippen molar-refractivity contribution < 1.29 is 24.2 Å². The quantitative estimate of drug-likeness (QED) is 0.576. The maximum Gasteiger partial charge on any atom is 0.124 e. The second kappa shape index (κ2) is 4.29. The van der Waals surface area contributed by atoms with Crippen LogP contribution in [0.2, 0.25) is 0 Å². The van der Waals surface area contributed by atoms with Crippen molar-refractivity contribution in [1.82, 2.24) is 10.2 Å². The monoisotopic (exact) mass is 262 g/mol. The van der Waals surface area contributed by atoms with Gasteiger partial charge < -0.3 is 4.74 Å². The van der Waals surface area contributed by atoms with Gasteiger partial charge in [0.1, 0.15) is 5.75 Å². The Bertz CT molecular complexity index is 400. The van der Waals surface area contributed by atoms with Gasteiger partial charge in [-0.2, -0.15) is 23.3 Å². The van der Waals surface area contributed by atoms with Crippen LogP contribution in [0.1, 0.15) is 0 Å². The molecule has 4 heteroatoms. The molecule has 0 bridgehead atoms. The van der Waals surface area contributed by atoms with Crippen molar-refractivity contribution in [1.29, 1.82) is 0 Å². The van der Waals surface area contributed by atoms with Gasteiger partial charge in [0.2, 0.25) is 0 Å². The normalized spacial score (nSPS) is 9.31. The summed E-state index contributed by atoms with van der Waals surface area (Å²) in [5, 5.41) is 8.68. The van der Waals surface area contributed by atoms with Crippen LogP contribution < -0.4 is 4.74 Å². The first kappa shape index (κ1) is 10.1. The van der Waals surface area contributed by atoms with Gasteiger partial charge in [0, 0.05) is 19.5 Å². The number of hydrogen-bond acceptors (Lipinski definition) is 3. The molecule has 0 amide bonds. The number of hydrogen-bond donors (Lipinski definition) is 0. The van der Waals surface area contributed by atoms with E-state index in [2.05, 4.69) is 16.3 Å². The topological polar surface area (TPSA) is 35.0 Å². The van der Waals surface area contributed by atoms with E-state index in [1.165, 1.54) is 0 Å². The van der Waals surface area contributed by atoms with Gasteiger partial charge >= 0.3 is 0 Å². The van der Waals surface area contributed by atoms with Crippen LogP contribution in [-0.2, 0) is 19.5 Å². The Morgan fingerprint density at radius 2 is 2.31 bits per heavy atom. The minimum atomic E-state index is 0. The van der Waals surface area contributed by atoms with E-state index in [0.29, 0.717) is 0 Å². The molecular formula is C9H7N2ORh-. The third kappa shape index (κ3) is 1.83. The molecule has 3 nitrogen and oxygen atoms in total. The van der Waals surface area contributed by atoms with E-state index in [1.807, 2.05) is 12.1 Å². The van der Waals surface area contributed by atoms with Crippen LogP contribution in [0, 0.1) is 6.07 Å². The molecule has 1 aromatic carbocycles. The molecule has 2 rings (SSSR count). The Morgan fingerprint density at radius 3 is 3.08 bits per heavy atom. The van der Waals surface area contributed by atoms with E-state index in [0.717, 1.165) is 16.7 Å². The molecule has 0 fully saturated rings. The SMILES string of the molecule is COc1cnnc2c[c-]ccc12.[Rh]. The molecule has 0 aliphatic heterocycles. The van der Waals surface area contributed by atoms with E-state index in [9.17, 15) is 0 Å². The van der Waals surface area contributed by atoms with Gasteiger partial charge in [-0.25, -0.2) is 5.10 Å². The summed E-state index contributed by atoms with van der Waals surface area (Å²) in [6.07, 6.45) is 1.60. The summed E-state index contributed by atoms with van der Waals surface area (Å²) in [7, 11) is 1.62. The Kier molecular flexibility index (Phi) is 3.32. The first-order chi connectivity index (χ1) is 5.92. The fourth-order valence-corrected chi connectivity index (χ4v) is 1.09. The van der Waals surface area contributed by atoms with Gasteiger partial charge in [0.25, 0.3) is 0 Å². The summed E-state index contributed by atoms with van der Waals surface area (Å²) in [4.78, 5) is 0. The molecule has 0 spiro atoms. The van der Waals surface area contributed by atoms with Crippen LogP contribution >= 0.6 is 0 Å². The van der Waals surface area contributed by atoms with Crippen LogP contribution in [0.25, 0.3) is 10.9 Å². The van der Waals surface area contributed by atoms with Gasteiger partial charge in [-0.05, 0) is 5.52 Å². The summed E-state index contributed by atoms with van der Waals surface area (Å²) in [5.41, 5.74) is 0.803. The van der Waals surface area contributed by atoms with Crippen molar-refractivity contribution in [2.24, 2.45) is 0 Å². The molecule has 0 aliphatic rings. The van der Waals surface area contributed by atoms with E-state index >= 15 is 0 Å². The fraction of sp³-hybridized carbons (Fsp3) is 0.111. The van der Waals surface area contributed by atoms with Crippen molar-refractivity contribution >= 4 is 10.9 Å². The zero-order valence-corrected chi connectivity index (χ0v) is 8.58. The van der Waals surface area contributed by atoms with Crippen molar-refractivity contribution in [3.63, 3.8) is 0 Å². The molecule has 0 unspecified atom stereocenters. The number of fused-ring (bicyclic) bond motifs is 1. The second-order valence-corrected chi connectivity index (χ2v) is 2.36. The zero-order chi connectivity index (χ0) is 8.39. The maximum atomic E-state index is 5.11. The maximum absolute atomic E-state index is 5.11. The minimum absolute atomic E-state index is 0. The molecule has 13 heavy (non-hydrogen) atoms. The Labute approximate surface area is 88.9 Å². The number of benzene rings is 1. The molecule has 0 saturated heterocycles. The average Bonchev–Trinajstić information content (AvgIpc) is 2.17. The van der Waals surface area contributed by atoms with Gasteiger partial charge in [-0.1, -0.05) is 5.39 Å². The number of methoxy groups -OCH3 is 1. The van der Waals surface area contributed by atoms with Crippen LogP contribution in [0.15, 0.2) is 24.4 Å². The largest absolute Gasteiger partial charge is 0.497 e. The average molecular weight is 262 g/mol. The predicted molar refractivity (Wildman–Crippen MR) is 44.9 cm³/mol. The molecular weight excluding hydrogens is 255 g/mol. The number of aromatic nitrogens is 2. The third-order valence-corrected chi connectivity index (χ3v) is 1.67. The molecule has 1 aromatic heterocycles. The molecule has 1 radical (unpaired) electrons. The fourth-order valence-electron chi connectivity index (χ4n) is 1.09. The Morgan fingerprint density at radius 1 is 1.46 bits per heavy atom. The molecule has 1 heterocycles. The van der Waals surface area contributed by atoms with Gasteiger partial charge in [0.15, 0.2) is 0 Å². The first-order valence-electron chi connectivity index (χ1n) is 3.57. The summed E-state index contributed by atoms with van der Waals surface area (Å²) in [6.45, 7) is 0. The molecule has 0 saturated carbocycles. The molecule has 0 aliphatic carbocycles. The van der Waals surface area contributed by atoms with Crippen molar-refractivity contribution in [3.8, 4) is 5.75 Å². The van der Waals surface area contributed by atoms with Crippen LogP contribution in [0.5, 0.6) is 5.75 Å². The first-order valence-corrected chi connectivity index (χ1v) is 3.57. The Hall–Kier alpha value is -1.02. The van der Waals surface area contributed by atoms with E-state index in [1.54, 1.807) is 19.4 Å². The van der Waals surface area contributed by atoms with E-state index in [-0.39, 0.29) is 19.5 Å². The van der Waals surface area contributed by atoms with Crippen LogP contribution in [-0.4, -0.2) is 17.3 Å². The number of ether oxygens (including phenoxy) is 1. The van der Waals surface area contributed by atoms with E-state index in [4.69, 9.17) is 4.74 Å². The summed E-state index contributed by atoms with van der Waals surface area (Å²) in [5.74, 6) is 0.744. The van der Waals surface area contributed by atoms with E-state index < -0.39 is 0 Å². The number of nitrogens with zero attached hydrogens (tertiary/aromatic N) is 2. The van der Waals surface area contributed by atoms with Gasteiger partial charge in [-0.15, -0.1) is 6.07 Å². The standard InChI is InChI=1S/C9H7N2O.Rh/c1-12-9-6-10-11-8-5-3-2-4-7(8)9;/h2,4-6H,1H3;/q-1;. The predicted octanol–water partition coefficient (Wildman–Crippen LogP) is 1.44. The van der Waals surface area contributed by atoms with Crippen molar-refractivity contribution in [3.05, 3.63) is 30.5 Å². The van der Waals surface area contributed by atoms with Crippen molar-refractivity contribution in [2.75, 3.05) is 7.11 Å². The minimum Gasteiger partial charge on any atom is -0.497 e. The molecule has 0 N–H and O–H groups in total. The van der Waals surface area contributed by atoms with Gasteiger partial charge in [-0.3, -0.25) is 0 Å². The molecule has 69 valence electrons. The van der Waals surface area contributed by atoms with Crippen LogP contribution in [0.4, 0.5) is 0 Å². The zero-order valence-electron chi connectivity index (χ0n) is 6.95. The van der Waals surface area contributed by atoms with Gasteiger partial charge in [0.05, 0.1) is 13.3 Å². The third-order valence-electron chi connectivity index (χ3n) is 1.67. The number of rotatable bonds is 1.